The molecule has 0 saturated carbocycles. The molecule has 3 N–H and O–H groups in total. The molecule has 0 radical (unpaired) electrons. The maximum atomic E-state index is 12.1. The number of hydrogen-bond donors (Lipinski definition) is 3. The van der Waals surface area contributed by atoms with Crippen molar-refractivity contribution in [3.05, 3.63) is 54.1 Å². The predicted molar refractivity (Wildman–Crippen MR) is 127 cm³/mol. The van der Waals surface area contributed by atoms with Crippen molar-refractivity contribution in [3.8, 4) is 16.9 Å². The van der Waals surface area contributed by atoms with Crippen LogP contribution in [0.25, 0.3) is 11.1 Å². The maximum absolute atomic E-state index is 12.1. The van der Waals surface area contributed by atoms with Crippen LogP contribution in [0.5, 0.6) is 5.75 Å². The average molecular weight is 491 g/mol. The van der Waals surface area contributed by atoms with Gasteiger partial charge in [0.2, 0.25) is 0 Å². The third kappa shape index (κ3) is 5.94. The molecule has 184 valence electrons. The molecule has 3 atom stereocenters. The number of nitrogens with one attached hydrogen (secondary N) is 1. The summed E-state index contributed by atoms with van der Waals surface area (Å²) in [4.78, 5) is 17.4. The highest BCUT2D eigenvalue weighted by Crippen LogP contribution is 2.29. The topological polar surface area (TPSA) is 135 Å². The number of carbonyl (C=O) groups excluding carboxylic acids is 1. The second-order valence-electron chi connectivity index (χ2n) is 8.71. The van der Waals surface area contributed by atoms with Crippen LogP contribution in [0, 0.1) is 0 Å². The van der Waals surface area contributed by atoms with Crippen LogP contribution in [0.2, 0.25) is 0 Å². The number of aliphatic hydroxyl groups excluding tert-OH is 1. The maximum Gasteiger partial charge on any atom is 0.264 e. The highest BCUT2D eigenvalue weighted by atomic mass is 32.2. The second-order valence-corrected chi connectivity index (χ2v) is 11.2. The Morgan fingerprint density at radius 3 is 2.26 bits per heavy atom. The van der Waals surface area contributed by atoms with Gasteiger partial charge in [0, 0.05) is 12.7 Å². The Hall–Kier alpha value is -2.95. The first kappa shape index (κ1) is 25.7. The van der Waals surface area contributed by atoms with Crippen LogP contribution in [0.4, 0.5) is 0 Å². The molecule has 1 aliphatic heterocycles. The van der Waals surface area contributed by atoms with Crippen LogP contribution in [-0.2, 0) is 19.5 Å². The molecule has 3 rings (SSSR count). The van der Waals surface area contributed by atoms with E-state index in [1.54, 1.807) is 6.92 Å². The van der Waals surface area contributed by atoms with Crippen molar-refractivity contribution in [3.63, 3.8) is 0 Å². The van der Waals surface area contributed by atoms with Gasteiger partial charge in [0.15, 0.2) is 9.84 Å². The molecule has 0 fully saturated rings. The lowest BCUT2D eigenvalue weighted by atomic mass is 9.96. The van der Waals surface area contributed by atoms with E-state index in [2.05, 4.69) is 5.16 Å². The number of hydroxylamine groups is 1. The number of benzene rings is 2. The van der Waals surface area contributed by atoms with E-state index in [0.717, 1.165) is 28.7 Å². The van der Waals surface area contributed by atoms with Gasteiger partial charge >= 0.3 is 0 Å². The number of carbonyl (C=O) groups is 1. The highest BCUT2D eigenvalue weighted by Gasteiger charge is 2.44. The summed E-state index contributed by atoms with van der Waals surface area (Å²) in [6, 6.07) is 15.4. The number of aliphatic hydroxyl groups is 1. The summed E-state index contributed by atoms with van der Waals surface area (Å²) in [5.74, 6) is -0.277. The van der Waals surface area contributed by atoms with Crippen LogP contribution >= 0.6 is 0 Å². The van der Waals surface area contributed by atoms with Crippen LogP contribution < -0.4 is 10.2 Å². The zero-order chi connectivity index (χ0) is 24.9. The number of rotatable bonds is 10. The van der Waals surface area contributed by atoms with Gasteiger partial charge in [-0.3, -0.25) is 10.0 Å². The number of sulfone groups is 1. The molecule has 9 nitrogen and oxygen atoms in total. The van der Waals surface area contributed by atoms with Crippen molar-refractivity contribution >= 4 is 21.5 Å². The fraction of sp³-hybridized carbons (Fsp3) is 0.417. The minimum atomic E-state index is -3.76. The summed E-state index contributed by atoms with van der Waals surface area (Å²) in [6.45, 7) is 3.19. The van der Waals surface area contributed by atoms with E-state index in [0.29, 0.717) is 12.2 Å². The van der Waals surface area contributed by atoms with Crippen molar-refractivity contribution in [1.29, 1.82) is 0 Å². The molecule has 0 aromatic heterocycles. The predicted octanol–water partition coefficient (Wildman–Crippen LogP) is 2.70. The zero-order valence-corrected chi connectivity index (χ0v) is 20.2. The van der Waals surface area contributed by atoms with Gasteiger partial charge in [-0.1, -0.05) is 41.6 Å². The SMILES string of the molecule is C[C@@H](O)COc1ccc(-c2ccc(C3=NO[C@@H](CC[C@](C)(C(=O)NO)S(C)(=O)=O)C3)cc2)cc1. The number of hydrogen-bond acceptors (Lipinski definition) is 8. The minimum Gasteiger partial charge on any atom is -0.491 e. The number of amides is 1. The minimum absolute atomic E-state index is 0.0123. The molecule has 2 aromatic rings. The summed E-state index contributed by atoms with van der Waals surface area (Å²) in [7, 11) is -3.76. The molecule has 0 aliphatic carbocycles. The molecule has 0 bridgehead atoms. The Labute approximate surface area is 199 Å². The van der Waals surface area contributed by atoms with Gasteiger partial charge < -0.3 is 14.7 Å². The largest absolute Gasteiger partial charge is 0.491 e. The molecule has 0 spiro atoms. The van der Waals surface area contributed by atoms with Crippen LogP contribution in [-0.4, -0.2) is 60.2 Å². The quantitative estimate of drug-likeness (QED) is 0.344. The lowest BCUT2D eigenvalue weighted by Gasteiger charge is -2.25. The molecule has 1 amide bonds. The monoisotopic (exact) mass is 490 g/mol. The van der Waals surface area contributed by atoms with E-state index in [4.69, 9.17) is 14.8 Å². The first-order valence-corrected chi connectivity index (χ1v) is 12.8. The molecular weight excluding hydrogens is 460 g/mol. The van der Waals surface area contributed by atoms with E-state index in [1.807, 2.05) is 48.5 Å². The third-order valence-corrected chi connectivity index (χ3v) is 8.00. The van der Waals surface area contributed by atoms with Gasteiger partial charge in [0.1, 0.15) is 23.2 Å². The van der Waals surface area contributed by atoms with Crippen LogP contribution in [0.3, 0.4) is 0 Å². The standard InChI is InChI=1S/C24H30N2O7S/c1-16(27)15-32-20-10-8-18(9-11-20)17-4-6-19(7-5-17)22-14-21(33-26-22)12-13-24(2,23(28)25-29)34(3,30)31/h4-11,16,21,27,29H,12-15H2,1-3H3,(H,25,28)/t16-,21+,24-/m1/s1. The van der Waals surface area contributed by atoms with E-state index in [9.17, 15) is 18.3 Å². The Balaban J connectivity index is 1.59. The summed E-state index contributed by atoms with van der Waals surface area (Å²) in [5.41, 5.74) is 5.11. The molecule has 10 heteroatoms. The van der Waals surface area contributed by atoms with Crippen molar-refractivity contribution in [2.24, 2.45) is 5.16 Å². The second kappa shape index (κ2) is 10.5. The summed E-state index contributed by atoms with van der Waals surface area (Å²) >= 11 is 0. The Morgan fingerprint density at radius 1 is 1.18 bits per heavy atom. The molecule has 1 heterocycles. The first-order chi connectivity index (χ1) is 16.0. The summed E-state index contributed by atoms with van der Waals surface area (Å²) in [6.07, 6.45) is 0.828. The van der Waals surface area contributed by atoms with Crippen LogP contribution in [0.1, 0.15) is 38.7 Å². The van der Waals surface area contributed by atoms with Crippen molar-refractivity contribution in [2.75, 3.05) is 12.9 Å². The van der Waals surface area contributed by atoms with Crippen LogP contribution in [0.15, 0.2) is 53.7 Å². The fourth-order valence-corrected chi connectivity index (χ4v) is 4.46. The molecule has 0 saturated heterocycles. The van der Waals surface area contributed by atoms with E-state index < -0.39 is 26.6 Å². The summed E-state index contributed by atoms with van der Waals surface area (Å²) in [5, 5.41) is 22.4. The Kier molecular flexibility index (Phi) is 7.96. The highest BCUT2D eigenvalue weighted by molar-refractivity contribution is 7.92. The molecule has 0 unspecified atom stereocenters. The van der Waals surface area contributed by atoms with Gasteiger partial charge in [0.25, 0.3) is 5.91 Å². The fourth-order valence-electron chi connectivity index (χ4n) is 3.59. The van der Waals surface area contributed by atoms with Gasteiger partial charge in [0.05, 0.1) is 11.8 Å². The molecular formula is C24H30N2O7S. The van der Waals surface area contributed by atoms with Gasteiger partial charge in [-0.25, -0.2) is 13.9 Å². The van der Waals surface area contributed by atoms with Gasteiger partial charge in [-0.15, -0.1) is 0 Å². The Bertz CT molecular complexity index is 1130. The smallest absolute Gasteiger partial charge is 0.264 e. The van der Waals surface area contributed by atoms with E-state index >= 15 is 0 Å². The Morgan fingerprint density at radius 2 is 1.74 bits per heavy atom. The zero-order valence-electron chi connectivity index (χ0n) is 19.4. The summed E-state index contributed by atoms with van der Waals surface area (Å²) < 4.78 is 28.0. The lowest BCUT2D eigenvalue weighted by Crippen LogP contribution is -2.49. The van der Waals surface area contributed by atoms with Gasteiger partial charge in [-0.2, -0.15) is 0 Å². The third-order valence-electron chi connectivity index (χ3n) is 5.97. The van der Waals surface area contributed by atoms with Crippen molar-refractivity contribution in [1.82, 2.24) is 5.48 Å². The van der Waals surface area contributed by atoms with Crippen molar-refractivity contribution < 1.29 is 33.1 Å². The number of oxime groups is 1. The number of nitrogens with zero attached hydrogens (tertiary/aromatic N) is 1. The number of ether oxygens (including phenoxy) is 1. The molecule has 2 aromatic carbocycles. The molecule has 34 heavy (non-hydrogen) atoms. The molecule has 1 aliphatic rings. The average Bonchev–Trinajstić information content (AvgIpc) is 3.29. The van der Waals surface area contributed by atoms with Gasteiger partial charge in [-0.05, 0) is 55.5 Å². The normalized spacial score (nSPS) is 18.4. The van der Waals surface area contributed by atoms with Crippen molar-refractivity contribution in [2.45, 2.75) is 50.1 Å². The first-order valence-electron chi connectivity index (χ1n) is 10.9. The lowest BCUT2D eigenvalue weighted by molar-refractivity contribution is -0.131. The van der Waals surface area contributed by atoms with E-state index in [-0.39, 0.29) is 25.6 Å². The van der Waals surface area contributed by atoms with E-state index in [1.165, 1.54) is 12.4 Å².